The molecule has 3 rings (SSSR count). The van der Waals surface area contributed by atoms with Crippen molar-refractivity contribution in [3.8, 4) is 11.5 Å². The van der Waals surface area contributed by atoms with Gasteiger partial charge in [-0.15, -0.1) is 0 Å². The Bertz CT molecular complexity index is 858. The van der Waals surface area contributed by atoms with Gasteiger partial charge in [-0.05, 0) is 48.4 Å². The summed E-state index contributed by atoms with van der Waals surface area (Å²) < 4.78 is 13.2. The number of pyridine rings is 1. The third-order valence-corrected chi connectivity index (χ3v) is 5.47. The van der Waals surface area contributed by atoms with Crippen molar-refractivity contribution in [1.29, 1.82) is 0 Å². The molecule has 1 aromatic heterocycles. The first-order valence-electron chi connectivity index (χ1n) is 8.31. The van der Waals surface area contributed by atoms with Gasteiger partial charge >= 0.3 is 0 Å². The fourth-order valence-electron chi connectivity index (χ4n) is 3.22. The average Bonchev–Trinajstić information content (AvgIpc) is 2.64. The average molecular weight is 397 g/mol. The summed E-state index contributed by atoms with van der Waals surface area (Å²) in [5.41, 5.74) is 3.28. The van der Waals surface area contributed by atoms with Crippen LogP contribution >= 0.6 is 23.2 Å². The number of rotatable bonds is 5. The summed E-state index contributed by atoms with van der Waals surface area (Å²) in [6.07, 6.45) is 5.75. The number of fused-ring (bicyclic) bond motifs is 1. The SMILES string of the molecule is C=C(CCCc1cncc(F)c1)N1CCc2c(Cl)c(O)c(O)c(Cl)c2C1. The van der Waals surface area contributed by atoms with Crippen molar-refractivity contribution in [1.82, 2.24) is 9.88 Å². The Kier molecular flexibility index (Phi) is 5.58. The van der Waals surface area contributed by atoms with Gasteiger partial charge < -0.3 is 15.1 Å². The molecule has 2 aromatic rings. The van der Waals surface area contributed by atoms with Crippen LogP contribution in [0.4, 0.5) is 4.39 Å². The van der Waals surface area contributed by atoms with Crippen LogP contribution in [0.5, 0.6) is 11.5 Å². The van der Waals surface area contributed by atoms with Gasteiger partial charge in [-0.2, -0.15) is 0 Å². The van der Waals surface area contributed by atoms with E-state index in [9.17, 15) is 14.6 Å². The monoisotopic (exact) mass is 396 g/mol. The van der Waals surface area contributed by atoms with Crippen LogP contribution in [0.2, 0.25) is 10.0 Å². The van der Waals surface area contributed by atoms with E-state index in [2.05, 4.69) is 16.5 Å². The standard InChI is InChI=1S/C19H19Cl2FN2O2/c1-11(3-2-4-12-7-13(22)9-23-8-12)24-6-5-14-15(10-24)17(21)19(26)18(25)16(14)20/h7-9,25-26H,1-6,10H2. The van der Waals surface area contributed by atoms with E-state index in [0.717, 1.165) is 36.1 Å². The topological polar surface area (TPSA) is 56.6 Å². The van der Waals surface area contributed by atoms with Gasteiger partial charge in [0, 0.05) is 25.0 Å². The lowest BCUT2D eigenvalue weighted by Crippen LogP contribution is -2.30. The minimum Gasteiger partial charge on any atom is -0.503 e. The summed E-state index contributed by atoms with van der Waals surface area (Å²) >= 11 is 12.3. The molecule has 0 fully saturated rings. The summed E-state index contributed by atoms with van der Waals surface area (Å²) in [6.45, 7) is 5.32. The summed E-state index contributed by atoms with van der Waals surface area (Å²) in [7, 11) is 0. The van der Waals surface area contributed by atoms with Crippen molar-refractivity contribution >= 4 is 23.2 Å². The van der Waals surface area contributed by atoms with Crippen molar-refractivity contribution in [3.05, 3.63) is 63.3 Å². The second kappa shape index (κ2) is 7.72. The number of aromatic nitrogens is 1. The molecular formula is C19H19Cl2FN2O2. The number of hydrogen-bond acceptors (Lipinski definition) is 4. The molecule has 138 valence electrons. The molecule has 0 aliphatic carbocycles. The van der Waals surface area contributed by atoms with E-state index in [1.807, 2.05) is 0 Å². The number of phenols is 2. The zero-order chi connectivity index (χ0) is 18.8. The second-order valence-electron chi connectivity index (χ2n) is 6.39. The third-order valence-electron chi connectivity index (χ3n) is 4.65. The van der Waals surface area contributed by atoms with Crippen LogP contribution in [0.3, 0.4) is 0 Å². The summed E-state index contributed by atoms with van der Waals surface area (Å²) in [5.74, 6) is -1.09. The third kappa shape index (κ3) is 3.74. The summed E-state index contributed by atoms with van der Waals surface area (Å²) in [6, 6.07) is 1.49. The van der Waals surface area contributed by atoms with E-state index in [4.69, 9.17) is 23.2 Å². The normalized spacial score (nSPS) is 13.6. The quantitative estimate of drug-likeness (QED) is 0.710. The Morgan fingerprint density at radius 1 is 1.19 bits per heavy atom. The highest BCUT2D eigenvalue weighted by molar-refractivity contribution is 6.36. The molecule has 0 saturated carbocycles. The molecule has 0 unspecified atom stereocenters. The molecule has 0 atom stereocenters. The van der Waals surface area contributed by atoms with Crippen molar-refractivity contribution in [2.75, 3.05) is 6.54 Å². The van der Waals surface area contributed by atoms with Crippen molar-refractivity contribution < 1.29 is 14.6 Å². The van der Waals surface area contributed by atoms with Crippen LogP contribution in [-0.4, -0.2) is 26.6 Å². The van der Waals surface area contributed by atoms with Gasteiger partial charge in [0.1, 0.15) is 5.82 Å². The lowest BCUT2D eigenvalue weighted by molar-refractivity contribution is 0.308. The van der Waals surface area contributed by atoms with E-state index in [-0.39, 0.29) is 27.4 Å². The molecular weight excluding hydrogens is 378 g/mol. The highest BCUT2D eigenvalue weighted by Crippen LogP contribution is 2.46. The predicted octanol–water partition coefficient (Wildman–Crippen LogP) is 4.83. The largest absolute Gasteiger partial charge is 0.503 e. The fourth-order valence-corrected chi connectivity index (χ4v) is 3.78. The second-order valence-corrected chi connectivity index (χ2v) is 7.14. The first-order valence-corrected chi connectivity index (χ1v) is 9.07. The van der Waals surface area contributed by atoms with Crippen LogP contribution in [0.25, 0.3) is 0 Å². The van der Waals surface area contributed by atoms with Crippen molar-refractivity contribution in [3.63, 3.8) is 0 Å². The number of phenolic OH excluding ortho intramolecular Hbond substituents is 2. The van der Waals surface area contributed by atoms with E-state index >= 15 is 0 Å². The number of allylic oxidation sites excluding steroid dienone is 1. The first-order chi connectivity index (χ1) is 12.4. The van der Waals surface area contributed by atoms with Crippen molar-refractivity contribution in [2.24, 2.45) is 0 Å². The van der Waals surface area contributed by atoms with Crippen LogP contribution in [0.15, 0.2) is 30.7 Å². The summed E-state index contributed by atoms with van der Waals surface area (Å²) in [5, 5.41) is 20.0. The molecule has 0 saturated heterocycles. The molecule has 0 bridgehead atoms. The van der Waals surface area contributed by atoms with Gasteiger partial charge in [-0.3, -0.25) is 4.98 Å². The Morgan fingerprint density at radius 3 is 2.58 bits per heavy atom. The first kappa shape index (κ1) is 18.8. The highest BCUT2D eigenvalue weighted by atomic mass is 35.5. The molecule has 7 heteroatoms. The van der Waals surface area contributed by atoms with Gasteiger partial charge in [0.2, 0.25) is 0 Å². The number of aryl methyl sites for hydroxylation is 1. The Labute approximate surface area is 161 Å². The fraction of sp³-hybridized carbons (Fsp3) is 0.316. The van der Waals surface area contributed by atoms with E-state index in [1.165, 1.54) is 12.3 Å². The molecule has 0 amide bonds. The molecule has 2 N–H and O–H groups in total. The van der Waals surface area contributed by atoms with Gasteiger partial charge in [0.15, 0.2) is 11.5 Å². The van der Waals surface area contributed by atoms with E-state index in [1.54, 1.807) is 6.20 Å². The minimum absolute atomic E-state index is 0.130. The molecule has 0 spiro atoms. The van der Waals surface area contributed by atoms with Crippen LogP contribution < -0.4 is 0 Å². The summed E-state index contributed by atoms with van der Waals surface area (Å²) in [4.78, 5) is 5.94. The van der Waals surface area contributed by atoms with E-state index < -0.39 is 0 Å². The Balaban J connectivity index is 1.64. The minimum atomic E-state index is -0.388. The zero-order valence-corrected chi connectivity index (χ0v) is 15.6. The molecule has 0 radical (unpaired) electrons. The zero-order valence-electron chi connectivity index (χ0n) is 14.1. The number of halogens is 3. The lowest BCUT2D eigenvalue weighted by atomic mass is 9.97. The Hall–Kier alpha value is -1.98. The molecule has 1 aliphatic heterocycles. The molecule has 4 nitrogen and oxygen atoms in total. The highest BCUT2D eigenvalue weighted by Gasteiger charge is 2.27. The Morgan fingerprint density at radius 2 is 1.88 bits per heavy atom. The molecule has 1 aromatic carbocycles. The van der Waals surface area contributed by atoms with Crippen LogP contribution in [-0.2, 0) is 19.4 Å². The van der Waals surface area contributed by atoms with Gasteiger partial charge in [0.05, 0.1) is 16.2 Å². The lowest BCUT2D eigenvalue weighted by Gasteiger charge is -2.33. The van der Waals surface area contributed by atoms with Gasteiger partial charge in [0.25, 0.3) is 0 Å². The molecule has 26 heavy (non-hydrogen) atoms. The maximum Gasteiger partial charge on any atom is 0.178 e. The number of aromatic hydroxyl groups is 2. The number of hydrogen-bond donors (Lipinski definition) is 2. The van der Waals surface area contributed by atoms with Crippen LogP contribution in [0, 0.1) is 5.82 Å². The maximum atomic E-state index is 13.2. The van der Waals surface area contributed by atoms with Gasteiger partial charge in [-0.1, -0.05) is 29.8 Å². The number of nitrogens with zero attached hydrogens (tertiary/aromatic N) is 2. The number of benzene rings is 1. The van der Waals surface area contributed by atoms with Gasteiger partial charge in [-0.25, -0.2) is 4.39 Å². The molecule has 2 heterocycles. The predicted molar refractivity (Wildman–Crippen MR) is 100 cm³/mol. The smallest absolute Gasteiger partial charge is 0.178 e. The van der Waals surface area contributed by atoms with Crippen molar-refractivity contribution in [2.45, 2.75) is 32.2 Å². The van der Waals surface area contributed by atoms with Crippen LogP contribution in [0.1, 0.15) is 29.5 Å². The molecule has 1 aliphatic rings. The maximum absolute atomic E-state index is 13.2. The van der Waals surface area contributed by atoms with E-state index in [0.29, 0.717) is 25.1 Å².